The van der Waals surface area contributed by atoms with Gasteiger partial charge in [-0.05, 0) is 6.42 Å². The maximum absolute atomic E-state index is 10.9. The lowest BCUT2D eigenvalue weighted by Crippen LogP contribution is -2.27. The van der Waals surface area contributed by atoms with E-state index in [9.17, 15) is 9.59 Å². The number of hydrogen-bond donors (Lipinski definition) is 0. The molecule has 0 rings (SSSR count). The van der Waals surface area contributed by atoms with Crippen LogP contribution in [0.15, 0.2) is 25.3 Å². The van der Waals surface area contributed by atoms with Gasteiger partial charge in [-0.25, -0.2) is 9.59 Å². The molecule has 7 heteroatoms. The highest BCUT2D eigenvalue weighted by Crippen LogP contribution is 2.00. The monoisotopic (exact) mass is 330 g/mol. The topological polar surface area (TPSA) is 80.3 Å². The normalized spacial score (nSPS) is 11.5. The van der Waals surface area contributed by atoms with Crippen LogP contribution >= 0.6 is 0 Å². The van der Waals surface area contributed by atoms with Crippen LogP contribution < -0.4 is 0 Å². The van der Waals surface area contributed by atoms with Crippen LogP contribution in [0.1, 0.15) is 19.8 Å². The molecule has 0 spiro atoms. The van der Waals surface area contributed by atoms with Gasteiger partial charge < -0.3 is 23.7 Å². The second-order valence-electron chi connectivity index (χ2n) is 4.34. The lowest BCUT2D eigenvalue weighted by molar-refractivity contribution is -0.182. The van der Waals surface area contributed by atoms with Gasteiger partial charge in [0.25, 0.3) is 0 Å². The van der Waals surface area contributed by atoms with Gasteiger partial charge in [-0.2, -0.15) is 0 Å². The van der Waals surface area contributed by atoms with E-state index in [2.05, 4.69) is 20.1 Å². The number of carbonyl (C=O) groups is 2. The van der Waals surface area contributed by atoms with Crippen LogP contribution in [0.2, 0.25) is 0 Å². The predicted octanol–water partition coefficient (Wildman–Crippen LogP) is 1.62. The van der Waals surface area contributed by atoms with Gasteiger partial charge in [-0.1, -0.05) is 26.5 Å². The molecule has 1 atom stereocenters. The summed E-state index contributed by atoms with van der Waals surface area (Å²) in [6.45, 7) is 10.0. The quantitative estimate of drug-likeness (QED) is 0.195. The van der Waals surface area contributed by atoms with Gasteiger partial charge in [0.05, 0.1) is 19.8 Å². The Kier molecular flexibility index (Phi) is 14.1. The molecule has 132 valence electrons. The first-order chi connectivity index (χ1) is 11.1. The predicted molar refractivity (Wildman–Crippen MR) is 83.7 cm³/mol. The van der Waals surface area contributed by atoms with Crippen molar-refractivity contribution in [3.8, 4) is 0 Å². The van der Waals surface area contributed by atoms with Crippen molar-refractivity contribution < 1.29 is 33.3 Å². The lowest BCUT2D eigenvalue weighted by Gasteiger charge is -2.18. The molecule has 0 fully saturated rings. The summed E-state index contributed by atoms with van der Waals surface area (Å²) in [6, 6.07) is 0. The molecule has 0 amide bonds. The van der Waals surface area contributed by atoms with E-state index in [1.165, 1.54) is 0 Å². The fourth-order valence-electron chi connectivity index (χ4n) is 1.32. The summed E-state index contributed by atoms with van der Waals surface area (Å²) in [4.78, 5) is 21.7. The van der Waals surface area contributed by atoms with Crippen molar-refractivity contribution >= 4 is 11.9 Å². The Morgan fingerprint density at radius 1 is 0.913 bits per heavy atom. The molecule has 0 aromatic rings. The molecule has 0 N–H and O–H groups in total. The Morgan fingerprint density at radius 3 is 2.04 bits per heavy atom. The third kappa shape index (κ3) is 13.7. The zero-order valence-electron chi connectivity index (χ0n) is 13.7. The van der Waals surface area contributed by atoms with Crippen molar-refractivity contribution in [1.82, 2.24) is 0 Å². The van der Waals surface area contributed by atoms with Crippen LogP contribution in [0.4, 0.5) is 0 Å². The SMILES string of the molecule is C=CC(=O)OCCOCC(OCCCC)OCCOC(=O)C=C. The van der Waals surface area contributed by atoms with E-state index < -0.39 is 18.2 Å². The summed E-state index contributed by atoms with van der Waals surface area (Å²) in [6.07, 6.45) is 3.51. The molecule has 0 radical (unpaired) electrons. The minimum absolute atomic E-state index is 0.107. The van der Waals surface area contributed by atoms with Gasteiger partial charge >= 0.3 is 11.9 Å². The number of carbonyl (C=O) groups excluding carboxylic acids is 2. The molecule has 0 saturated carbocycles. The standard InChI is InChI=1S/C16H26O7/c1-4-7-8-22-16(23-12-11-21-15(18)6-3)13-19-9-10-20-14(17)5-2/h5-6,16H,2-4,7-13H2,1H3. The summed E-state index contributed by atoms with van der Waals surface area (Å²) >= 11 is 0. The summed E-state index contributed by atoms with van der Waals surface area (Å²) in [5.74, 6) is -0.998. The van der Waals surface area contributed by atoms with Gasteiger partial charge in [0.1, 0.15) is 13.2 Å². The van der Waals surface area contributed by atoms with Crippen LogP contribution in [-0.2, 0) is 33.3 Å². The van der Waals surface area contributed by atoms with Crippen molar-refractivity contribution in [3.05, 3.63) is 25.3 Å². The van der Waals surface area contributed by atoms with E-state index in [1.807, 2.05) is 0 Å². The largest absolute Gasteiger partial charge is 0.460 e. The molecule has 0 heterocycles. The van der Waals surface area contributed by atoms with E-state index in [0.29, 0.717) is 6.61 Å². The Morgan fingerprint density at radius 2 is 1.48 bits per heavy atom. The van der Waals surface area contributed by atoms with Crippen molar-refractivity contribution in [2.75, 3.05) is 39.6 Å². The Hall–Kier alpha value is -1.70. The molecule has 0 saturated heterocycles. The average molecular weight is 330 g/mol. The highest BCUT2D eigenvalue weighted by molar-refractivity contribution is 5.81. The van der Waals surface area contributed by atoms with E-state index in [0.717, 1.165) is 25.0 Å². The fraction of sp³-hybridized carbons (Fsp3) is 0.625. The number of rotatable bonds is 15. The second kappa shape index (κ2) is 15.2. The smallest absolute Gasteiger partial charge is 0.330 e. The van der Waals surface area contributed by atoms with Crippen molar-refractivity contribution in [2.45, 2.75) is 26.1 Å². The van der Waals surface area contributed by atoms with Crippen molar-refractivity contribution in [3.63, 3.8) is 0 Å². The lowest BCUT2D eigenvalue weighted by atomic mass is 10.4. The molecule has 0 aliphatic carbocycles. The number of unbranched alkanes of at least 4 members (excludes halogenated alkanes) is 1. The second-order valence-corrected chi connectivity index (χ2v) is 4.34. The highest BCUT2D eigenvalue weighted by Gasteiger charge is 2.10. The molecule has 0 aliphatic rings. The van der Waals surface area contributed by atoms with Gasteiger partial charge in [-0.15, -0.1) is 0 Å². The highest BCUT2D eigenvalue weighted by atomic mass is 16.7. The number of ether oxygens (including phenoxy) is 5. The maximum atomic E-state index is 10.9. The first-order valence-electron chi connectivity index (χ1n) is 7.53. The molecule has 0 aliphatic heterocycles. The molecule has 0 bridgehead atoms. The zero-order chi connectivity index (χ0) is 17.3. The van der Waals surface area contributed by atoms with Crippen LogP contribution in [0.3, 0.4) is 0 Å². The molecule has 0 aromatic carbocycles. The summed E-state index contributed by atoms with van der Waals surface area (Å²) in [5, 5.41) is 0. The average Bonchev–Trinajstić information content (AvgIpc) is 2.57. The van der Waals surface area contributed by atoms with Crippen molar-refractivity contribution in [1.29, 1.82) is 0 Å². The van der Waals surface area contributed by atoms with Crippen LogP contribution in [0.25, 0.3) is 0 Å². The van der Waals surface area contributed by atoms with Crippen molar-refractivity contribution in [2.24, 2.45) is 0 Å². The van der Waals surface area contributed by atoms with Gasteiger partial charge in [-0.3, -0.25) is 0 Å². The van der Waals surface area contributed by atoms with E-state index in [4.69, 9.17) is 23.7 Å². The molecule has 1 unspecified atom stereocenters. The Bertz CT molecular complexity index is 354. The number of hydrogen-bond acceptors (Lipinski definition) is 7. The maximum Gasteiger partial charge on any atom is 0.330 e. The van der Waals surface area contributed by atoms with Gasteiger partial charge in [0.15, 0.2) is 6.29 Å². The molecular weight excluding hydrogens is 304 g/mol. The Labute approximate surface area is 137 Å². The minimum atomic E-state index is -0.570. The molecule has 0 aromatic heterocycles. The molecule has 7 nitrogen and oxygen atoms in total. The Balaban J connectivity index is 3.89. The third-order valence-corrected chi connectivity index (χ3v) is 2.49. The third-order valence-electron chi connectivity index (χ3n) is 2.49. The summed E-state index contributed by atoms with van der Waals surface area (Å²) in [5.41, 5.74) is 0. The van der Waals surface area contributed by atoms with Crippen LogP contribution in [0, 0.1) is 0 Å². The molecular formula is C16H26O7. The first-order valence-corrected chi connectivity index (χ1v) is 7.53. The van der Waals surface area contributed by atoms with E-state index >= 15 is 0 Å². The van der Waals surface area contributed by atoms with E-state index in [1.54, 1.807) is 0 Å². The number of esters is 2. The van der Waals surface area contributed by atoms with Gasteiger partial charge in [0, 0.05) is 18.8 Å². The summed E-state index contributed by atoms with van der Waals surface area (Å²) < 4.78 is 25.9. The fourth-order valence-corrected chi connectivity index (χ4v) is 1.32. The van der Waals surface area contributed by atoms with Gasteiger partial charge in [0.2, 0.25) is 0 Å². The zero-order valence-corrected chi connectivity index (χ0v) is 13.7. The van der Waals surface area contributed by atoms with Crippen LogP contribution in [-0.4, -0.2) is 57.9 Å². The minimum Gasteiger partial charge on any atom is -0.460 e. The first kappa shape index (κ1) is 21.3. The van der Waals surface area contributed by atoms with E-state index in [-0.39, 0.29) is 33.0 Å². The van der Waals surface area contributed by atoms with Crippen LogP contribution in [0.5, 0.6) is 0 Å². The molecule has 23 heavy (non-hydrogen) atoms. The summed E-state index contributed by atoms with van der Waals surface area (Å²) in [7, 11) is 0.